The molecule has 10 nitrogen and oxygen atoms in total. The number of imidazole rings is 2. The Labute approximate surface area is 400 Å². The van der Waals surface area contributed by atoms with Crippen molar-refractivity contribution in [3.8, 4) is 33.6 Å². The lowest BCUT2D eigenvalue weighted by Gasteiger charge is -2.41. The number of fused-ring (bicyclic) bond motifs is 1. The van der Waals surface area contributed by atoms with Gasteiger partial charge in [0, 0.05) is 23.3 Å². The Morgan fingerprint density at radius 1 is 0.636 bits per heavy atom. The van der Waals surface area contributed by atoms with Crippen LogP contribution in [0, 0.1) is 5.92 Å². The Balaban J connectivity index is 0.923. The van der Waals surface area contributed by atoms with E-state index >= 15 is 0 Å². The van der Waals surface area contributed by atoms with Crippen LogP contribution in [0.25, 0.3) is 33.6 Å². The van der Waals surface area contributed by atoms with Gasteiger partial charge in [0.2, 0.25) is 11.8 Å². The van der Waals surface area contributed by atoms with Crippen LogP contribution in [0.15, 0.2) is 109 Å². The molecule has 2 amide bonds. The lowest BCUT2D eigenvalue weighted by molar-refractivity contribution is -0.142. The molecule has 2 aliphatic heterocycles. The summed E-state index contributed by atoms with van der Waals surface area (Å²) in [7, 11) is -1.76. The van der Waals surface area contributed by atoms with Gasteiger partial charge < -0.3 is 19.8 Å². The standard InChI is InChI=1S/C53H62Cl2N8O2Si/c1-7-60(8-2)46(38-17-13-11-14-18-38)52(64)62-33-66(5,6)32-43(62)51-57-45(49(55)59-51)37-27-23-35(24-28-37)34-21-25-36(26-22-34)44-48(54)58-50(56-44)42-31-40-29-30-41(40)63(42)53(65)47(61(9-3)10-4)39-19-15-12-16-20-39/h11-28,40-43,46-47H,7-10,29-33H2,1-6H3,(H,56,58)(H,57,59). The molecule has 2 aromatic heterocycles. The molecule has 1 aliphatic carbocycles. The van der Waals surface area contributed by atoms with Gasteiger partial charge in [-0.15, -0.1) is 0 Å². The molecule has 4 heterocycles. The van der Waals surface area contributed by atoms with E-state index in [0.717, 1.165) is 103 Å². The zero-order chi connectivity index (χ0) is 46.3. The summed E-state index contributed by atoms with van der Waals surface area (Å²) in [4.78, 5) is 55.1. The lowest BCUT2D eigenvalue weighted by Crippen LogP contribution is -2.49. The number of likely N-dealkylation sites (N-methyl/N-ethyl adjacent to an activating group) is 2. The molecule has 3 fully saturated rings. The summed E-state index contributed by atoms with van der Waals surface area (Å²) in [6.45, 7) is 16.3. The number of aromatic amines is 2. The molecule has 13 heteroatoms. The van der Waals surface area contributed by atoms with Crippen LogP contribution in [0.5, 0.6) is 0 Å². The second-order valence-corrected chi connectivity index (χ2v) is 24.9. The predicted octanol–water partition coefficient (Wildman–Crippen LogP) is 11.8. The number of carbonyl (C=O) groups excluding carboxylic acids is 2. The van der Waals surface area contributed by atoms with Crippen molar-refractivity contribution in [2.24, 2.45) is 5.92 Å². The number of rotatable bonds is 15. The second kappa shape index (κ2) is 19.3. The molecule has 0 bridgehead atoms. The van der Waals surface area contributed by atoms with Crippen molar-refractivity contribution < 1.29 is 9.59 Å². The highest BCUT2D eigenvalue weighted by Crippen LogP contribution is 2.51. The van der Waals surface area contributed by atoms with E-state index < -0.39 is 8.07 Å². The molecule has 3 aliphatic rings. The fraction of sp³-hybridized carbons (Fsp3) is 0.396. The highest BCUT2D eigenvalue weighted by molar-refractivity contribution is 6.78. The van der Waals surface area contributed by atoms with E-state index in [9.17, 15) is 9.59 Å². The topological polar surface area (TPSA) is 104 Å². The molecule has 0 spiro atoms. The number of aromatic nitrogens is 4. The van der Waals surface area contributed by atoms with Gasteiger partial charge >= 0.3 is 0 Å². The number of nitrogens with zero attached hydrogens (tertiary/aromatic N) is 6. The maximum absolute atomic E-state index is 14.7. The van der Waals surface area contributed by atoms with Gasteiger partial charge in [-0.1, -0.05) is 173 Å². The Kier molecular flexibility index (Phi) is 13.5. The zero-order valence-electron chi connectivity index (χ0n) is 39.0. The zero-order valence-corrected chi connectivity index (χ0v) is 41.5. The van der Waals surface area contributed by atoms with Crippen molar-refractivity contribution in [2.45, 2.75) is 96.3 Å². The van der Waals surface area contributed by atoms with Crippen LogP contribution in [-0.2, 0) is 9.59 Å². The minimum atomic E-state index is -1.76. The number of H-pyrrole nitrogens is 2. The van der Waals surface area contributed by atoms with Crippen molar-refractivity contribution in [1.29, 1.82) is 0 Å². The van der Waals surface area contributed by atoms with E-state index in [1.54, 1.807) is 0 Å². The summed E-state index contributed by atoms with van der Waals surface area (Å²) in [5, 5.41) is 0.945. The number of likely N-dealkylation sites (tertiary alicyclic amines) is 1. The van der Waals surface area contributed by atoms with Gasteiger partial charge in [0.05, 0.1) is 20.2 Å². The first-order valence-corrected chi connectivity index (χ1v) is 28.0. The van der Waals surface area contributed by atoms with Crippen molar-refractivity contribution in [2.75, 3.05) is 32.3 Å². The summed E-state index contributed by atoms with van der Waals surface area (Å²) in [5.74, 6) is 2.22. The van der Waals surface area contributed by atoms with E-state index in [1.807, 2.05) is 36.4 Å². The Hall–Kier alpha value is -5.04. The Morgan fingerprint density at radius 2 is 1.08 bits per heavy atom. The molecule has 2 N–H and O–H groups in total. The summed E-state index contributed by atoms with van der Waals surface area (Å²) in [6.07, 6.45) is 3.79. The minimum absolute atomic E-state index is 0.120. The van der Waals surface area contributed by atoms with Crippen LogP contribution in [0.3, 0.4) is 0 Å². The van der Waals surface area contributed by atoms with Gasteiger partial charge in [0.25, 0.3) is 0 Å². The molecule has 6 unspecified atom stereocenters. The number of hydrogen-bond donors (Lipinski definition) is 2. The van der Waals surface area contributed by atoms with E-state index in [1.165, 1.54) is 0 Å². The molecule has 6 aromatic rings. The second-order valence-electron chi connectivity index (χ2n) is 19.0. The fourth-order valence-corrected chi connectivity index (χ4v) is 14.4. The summed E-state index contributed by atoms with van der Waals surface area (Å²) < 4.78 is 0. The smallest absolute Gasteiger partial charge is 0.245 e. The average molecular weight is 942 g/mol. The first kappa shape index (κ1) is 46.1. The maximum atomic E-state index is 14.7. The number of benzene rings is 4. The van der Waals surface area contributed by atoms with Crippen LogP contribution in [0.1, 0.15) is 93.9 Å². The number of halogens is 2. The third kappa shape index (κ3) is 8.81. The third-order valence-corrected chi connectivity index (χ3v) is 17.8. The van der Waals surface area contributed by atoms with Crippen LogP contribution < -0.4 is 0 Å². The third-order valence-electron chi connectivity index (χ3n) is 14.5. The number of carbonyl (C=O) groups is 2. The largest absolute Gasteiger partial charge is 0.334 e. The highest BCUT2D eigenvalue weighted by Gasteiger charge is 2.52. The first-order valence-electron chi connectivity index (χ1n) is 23.9. The quantitative estimate of drug-likeness (QED) is 0.0994. The van der Waals surface area contributed by atoms with E-state index in [4.69, 9.17) is 33.2 Å². The van der Waals surface area contributed by atoms with Crippen LogP contribution in [0.4, 0.5) is 0 Å². The molecule has 66 heavy (non-hydrogen) atoms. The normalized spacial score (nSPS) is 21.0. The van der Waals surface area contributed by atoms with Crippen LogP contribution >= 0.6 is 23.2 Å². The van der Waals surface area contributed by atoms with Gasteiger partial charge in [-0.2, -0.15) is 0 Å². The monoisotopic (exact) mass is 940 g/mol. The average Bonchev–Trinajstić information content (AvgIpc) is 4.07. The number of hydrogen-bond acceptors (Lipinski definition) is 6. The summed E-state index contributed by atoms with van der Waals surface area (Å²) in [5.41, 5.74) is 7.30. The van der Waals surface area contributed by atoms with Crippen LogP contribution in [0.2, 0.25) is 29.4 Å². The first-order chi connectivity index (χ1) is 31.9. The highest BCUT2D eigenvalue weighted by atomic mass is 35.5. The molecule has 6 atom stereocenters. The van der Waals surface area contributed by atoms with Crippen molar-refractivity contribution in [1.82, 2.24) is 39.5 Å². The lowest BCUT2D eigenvalue weighted by atomic mass is 9.80. The van der Waals surface area contributed by atoms with Gasteiger partial charge in [-0.25, -0.2) is 9.97 Å². The van der Waals surface area contributed by atoms with Crippen molar-refractivity contribution in [3.63, 3.8) is 0 Å². The SMILES string of the molecule is CCN(CC)C(C(=O)N1C[Si](C)(C)CC1c1nc(-c2ccc(-c3ccc(-c4nc(C5CC6CCC6N5C(=O)C(c5ccccc5)N(CC)CC)[nH]c4Cl)cc3)cc2)c(Cl)[nH]1)c1ccccc1. The number of nitrogens with one attached hydrogen (secondary N) is 2. The van der Waals surface area contributed by atoms with Gasteiger partial charge in [-0.3, -0.25) is 19.4 Å². The van der Waals surface area contributed by atoms with Gasteiger partial charge in [-0.05, 0) is 79.7 Å². The Morgan fingerprint density at radius 3 is 1.52 bits per heavy atom. The Bertz CT molecular complexity index is 2540. The van der Waals surface area contributed by atoms with Crippen molar-refractivity contribution in [3.05, 3.63) is 142 Å². The van der Waals surface area contributed by atoms with Crippen molar-refractivity contribution >= 4 is 43.1 Å². The minimum Gasteiger partial charge on any atom is -0.334 e. The van der Waals surface area contributed by atoms with Gasteiger partial charge in [0.1, 0.15) is 45.4 Å². The molecular weight excluding hydrogens is 880 g/mol. The summed E-state index contributed by atoms with van der Waals surface area (Å²) >= 11 is 13.9. The molecule has 2 saturated heterocycles. The summed E-state index contributed by atoms with van der Waals surface area (Å²) in [6, 6.07) is 37.0. The van der Waals surface area contributed by atoms with Crippen LogP contribution in [-0.4, -0.2) is 97.8 Å². The predicted molar refractivity (Wildman–Crippen MR) is 269 cm³/mol. The maximum Gasteiger partial charge on any atom is 0.245 e. The molecule has 1 saturated carbocycles. The van der Waals surface area contributed by atoms with E-state index in [2.05, 4.69) is 143 Å². The van der Waals surface area contributed by atoms with E-state index in [0.29, 0.717) is 27.6 Å². The van der Waals surface area contributed by atoms with Gasteiger partial charge in [0.15, 0.2) is 0 Å². The molecule has 9 rings (SSSR count). The molecule has 4 aromatic carbocycles. The van der Waals surface area contributed by atoms with E-state index in [-0.39, 0.29) is 42.0 Å². The molecular formula is C53H62Cl2N8O2Si. The fourth-order valence-electron chi connectivity index (χ4n) is 11.0. The number of amides is 2. The molecule has 0 radical (unpaired) electrons. The molecule has 344 valence electrons.